The summed E-state index contributed by atoms with van der Waals surface area (Å²) in [4.78, 5) is 4.93. The number of nitrogens with zero attached hydrogens (tertiary/aromatic N) is 2. The molecular formula is C41H28N2S. The Hall–Kier alpha value is -5.25. The van der Waals surface area contributed by atoms with Crippen LogP contribution in [0.4, 0.5) is 17.1 Å². The summed E-state index contributed by atoms with van der Waals surface area (Å²) in [6.07, 6.45) is 0. The van der Waals surface area contributed by atoms with Gasteiger partial charge in [0.2, 0.25) is 0 Å². The first kappa shape index (κ1) is 25.3. The van der Waals surface area contributed by atoms with Crippen LogP contribution in [-0.4, -0.2) is 4.57 Å². The van der Waals surface area contributed by atoms with Crippen molar-refractivity contribution >= 4 is 61.4 Å². The van der Waals surface area contributed by atoms with Crippen LogP contribution in [0, 0.1) is 6.92 Å². The van der Waals surface area contributed by atoms with E-state index in [4.69, 9.17) is 0 Å². The Balaban J connectivity index is 1.28. The molecule has 0 N–H and O–H groups in total. The van der Waals surface area contributed by atoms with Crippen LogP contribution < -0.4 is 4.90 Å². The fraction of sp³-hybridized carbons (Fsp3) is 0.0244. The second kappa shape index (κ2) is 9.90. The van der Waals surface area contributed by atoms with Crippen LogP contribution in [0.15, 0.2) is 161 Å². The summed E-state index contributed by atoms with van der Waals surface area (Å²) in [6, 6.07) is 55.5. The predicted octanol–water partition coefficient (Wildman–Crippen LogP) is 11.8. The van der Waals surface area contributed by atoms with Gasteiger partial charge in [-0.1, -0.05) is 108 Å². The van der Waals surface area contributed by atoms with E-state index in [-0.39, 0.29) is 0 Å². The standard InChI is InChI=1S/C41H28N2S/c1-27-15-20-32(21-16-27)43-36-23-18-28-9-5-6-12-33(28)41(36)34-22-17-29(25-37(34)43)30-19-24-40-38(26-30)42(31-10-3-2-4-11-31)35-13-7-8-14-39(35)44-40/h2-26H,1H3. The molecule has 208 valence electrons. The van der Waals surface area contributed by atoms with Gasteiger partial charge in [0.1, 0.15) is 0 Å². The van der Waals surface area contributed by atoms with Crippen molar-refractivity contribution in [3.63, 3.8) is 0 Å². The number of benzene rings is 7. The number of aromatic nitrogens is 1. The topological polar surface area (TPSA) is 8.17 Å². The van der Waals surface area contributed by atoms with Crippen molar-refractivity contribution in [2.75, 3.05) is 4.90 Å². The van der Waals surface area contributed by atoms with Gasteiger partial charge in [0.15, 0.2) is 0 Å². The van der Waals surface area contributed by atoms with Crippen LogP contribution in [-0.2, 0) is 0 Å². The van der Waals surface area contributed by atoms with E-state index in [2.05, 4.69) is 168 Å². The van der Waals surface area contributed by atoms with Crippen LogP contribution >= 0.6 is 11.8 Å². The van der Waals surface area contributed by atoms with Crippen molar-refractivity contribution in [2.24, 2.45) is 0 Å². The Morgan fingerprint density at radius 3 is 2.09 bits per heavy atom. The van der Waals surface area contributed by atoms with E-state index in [1.807, 2.05) is 11.8 Å². The molecule has 2 nitrogen and oxygen atoms in total. The number of hydrogen-bond acceptors (Lipinski definition) is 2. The lowest BCUT2D eigenvalue weighted by atomic mass is 10.0. The third kappa shape index (κ3) is 3.90. The molecule has 0 fully saturated rings. The van der Waals surface area contributed by atoms with E-state index in [1.54, 1.807) is 0 Å². The van der Waals surface area contributed by atoms with Crippen LogP contribution in [0.25, 0.3) is 49.4 Å². The van der Waals surface area contributed by atoms with E-state index in [1.165, 1.54) is 81.8 Å². The molecule has 0 saturated heterocycles. The van der Waals surface area contributed by atoms with Gasteiger partial charge in [-0.05, 0) is 89.5 Å². The fourth-order valence-electron chi connectivity index (χ4n) is 6.73. The number of hydrogen-bond donors (Lipinski definition) is 0. The summed E-state index contributed by atoms with van der Waals surface area (Å²) >= 11 is 1.85. The average molecular weight is 581 g/mol. The monoisotopic (exact) mass is 580 g/mol. The molecule has 9 rings (SSSR count). The van der Waals surface area contributed by atoms with Gasteiger partial charge in [-0.3, -0.25) is 0 Å². The van der Waals surface area contributed by atoms with Gasteiger partial charge in [0.05, 0.1) is 22.4 Å². The maximum atomic E-state index is 2.43. The molecular weight excluding hydrogens is 553 g/mol. The van der Waals surface area contributed by atoms with Crippen LogP contribution in [0.5, 0.6) is 0 Å². The molecule has 1 aliphatic rings. The van der Waals surface area contributed by atoms with Crippen LogP contribution in [0.1, 0.15) is 5.56 Å². The highest BCUT2D eigenvalue weighted by molar-refractivity contribution is 7.99. The summed E-state index contributed by atoms with van der Waals surface area (Å²) < 4.78 is 2.43. The van der Waals surface area contributed by atoms with Crippen molar-refractivity contribution in [2.45, 2.75) is 16.7 Å². The highest BCUT2D eigenvalue weighted by atomic mass is 32.2. The number of aryl methyl sites for hydroxylation is 1. The molecule has 3 heteroatoms. The summed E-state index contributed by atoms with van der Waals surface area (Å²) in [5.74, 6) is 0. The Morgan fingerprint density at radius 2 is 1.20 bits per heavy atom. The Bertz CT molecular complexity index is 2370. The summed E-state index contributed by atoms with van der Waals surface area (Å²) in [5, 5.41) is 5.13. The minimum atomic E-state index is 1.17. The van der Waals surface area contributed by atoms with E-state index in [0.717, 1.165) is 0 Å². The molecule has 0 atom stereocenters. The Kier molecular flexibility index (Phi) is 5.69. The van der Waals surface area contributed by atoms with Crippen LogP contribution in [0.3, 0.4) is 0 Å². The average Bonchev–Trinajstić information content (AvgIpc) is 3.42. The zero-order chi connectivity index (χ0) is 29.2. The molecule has 0 amide bonds. The first-order valence-corrected chi connectivity index (χ1v) is 15.8. The quantitative estimate of drug-likeness (QED) is 0.205. The van der Waals surface area contributed by atoms with Crippen molar-refractivity contribution in [1.29, 1.82) is 0 Å². The van der Waals surface area contributed by atoms with Gasteiger partial charge in [-0.25, -0.2) is 0 Å². The third-order valence-electron chi connectivity index (χ3n) is 8.82. The lowest BCUT2D eigenvalue weighted by molar-refractivity contribution is 1.17. The number of anilines is 3. The smallest absolute Gasteiger partial charge is 0.0607 e. The van der Waals surface area contributed by atoms with Crippen molar-refractivity contribution in [3.05, 3.63) is 157 Å². The molecule has 0 spiro atoms. The lowest BCUT2D eigenvalue weighted by Crippen LogP contribution is -2.14. The summed E-state index contributed by atoms with van der Waals surface area (Å²) in [7, 11) is 0. The molecule has 1 aromatic heterocycles. The van der Waals surface area contributed by atoms with E-state index in [0.29, 0.717) is 0 Å². The maximum absolute atomic E-state index is 2.43. The second-order valence-corrected chi connectivity index (χ2v) is 12.6. The first-order valence-electron chi connectivity index (χ1n) is 15.0. The predicted molar refractivity (Wildman–Crippen MR) is 187 cm³/mol. The summed E-state index contributed by atoms with van der Waals surface area (Å²) in [6.45, 7) is 2.15. The normalized spacial score (nSPS) is 12.5. The van der Waals surface area contributed by atoms with E-state index >= 15 is 0 Å². The van der Waals surface area contributed by atoms with Crippen molar-refractivity contribution in [1.82, 2.24) is 4.57 Å². The summed E-state index contributed by atoms with van der Waals surface area (Å²) in [5.41, 5.74) is 10.9. The maximum Gasteiger partial charge on any atom is 0.0607 e. The SMILES string of the molecule is Cc1ccc(-n2c3cc(-c4ccc5c(c4)N(c4ccccc4)c4ccccc4S5)ccc3c3c4ccccc4ccc32)cc1. The number of para-hydroxylation sites is 2. The zero-order valence-corrected chi connectivity index (χ0v) is 25.1. The molecule has 44 heavy (non-hydrogen) atoms. The van der Waals surface area contributed by atoms with Gasteiger partial charge in [-0.15, -0.1) is 0 Å². The molecule has 7 aromatic carbocycles. The van der Waals surface area contributed by atoms with E-state index in [9.17, 15) is 0 Å². The highest BCUT2D eigenvalue weighted by Gasteiger charge is 2.25. The van der Waals surface area contributed by atoms with Gasteiger partial charge >= 0.3 is 0 Å². The zero-order valence-electron chi connectivity index (χ0n) is 24.2. The molecule has 8 aromatic rings. The first-order chi connectivity index (χ1) is 21.7. The van der Waals surface area contributed by atoms with Crippen LogP contribution in [0.2, 0.25) is 0 Å². The molecule has 0 aliphatic carbocycles. The molecule has 0 radical (unpaired) electrons. The Morgan fingerprint density at radius 1 is 0.477 bits per heavy atom. The minimum absolute atomic E-state index is 1.17. The minimum Gasteiger partial charge on any atom is -0.309 e. The second-order valence-electron chi connectivity index (χ2n) is 11.5. The largest absolute Gasteiger partial charge is 0.309 e. The van der Waals surface area contributed by atoms with Gasteiger partial charge in [0.25, 0.3) is 0 Å². The fourth-order valence-corrected chi connectivity index (χ4v) is 7.77. The third-order valence-corrected chi connectivity index (χ3v) is 9.95. The van der Waals surface area contributed by atoms with Gasteiger partial charge in [-0.2, -0.15) is 0 Å². The molecule has 0 unspecified atom stereocenters. The van der Waals surface area contributed by atoms with E-state index < -0.39 is 0 Å². The number of fused-ring (bicyclic) bond motifs is 7. The highest BCUT2D eigenvalue weighted by Crippen LogP contribution is 2.52. The number of rotatable bonds is 3. The van der Waals surface area contributed by atoms with Crippen molar-refractivity contribution < 1.29 is 0 Å². The molecule has 0 saturated carbocycles. The molecule has 0 bridgehead atoms. The van der Waals surface area contributed by atoms with Gasteiger partial charge < -0.3 is 9.47 Å². The molecule has 1 aliphatic heterocycles. The lowest BCUT2D eigenvalue weighted by Gasteiger charge is -2.33. The molecule has 2 heterocycles. The van der Waals surface area contributed by atoms with Gasteiger partial charge in [0, 0.05) is 31.9 Å². The Labute approximate surface area is 260 Å². The van der Waals surface area contributed by atoms with Crippen molar-refractivity contribution in [3.8, 4) is 16.8 Å².